The first-order valence-electron chi connectivity index (χ1n) is 4.38. The Bertz CT molecular complexity index is 404. The third kappa shape index (κ3) is 3.68. The number of amides is 1. The van der Waals surface area contributed by atoms with Crippen LogP contribution < -0.4 is 5.32 Å². The average molecular weight is 289 g/mol. The van der Waals surface area contributed by atoms with Crippen LogP contribution in [0, 0.1) is 6.92 Å². The van der Waals surface area contributed by atoms with E-state index in [2.05, 4.69) is 27.8 Å². The second kappa shape index (κ2) is 5.33. The van der Waals surface area contributed by atoms with Gasteiger partial charge in [0.2, 0.25) is 0 Å². The van der Waals surface area contributed by atoms with Crippen LogP contribution in [0.5, 0.6) is 0 Å². The van der Waals surface area contributed by atoms with Crippen LogP contribution in [0.25, 0.3) is 0 Å². The highest BCUT2D eigenvalue weighted by Crippen LogP contribution is 2.18. The van der Waals surface area contributed by atoms with Gasteiger partial charge >= 0.3 is 0 Å². The number of halogens is 2. The number of hydrogen-bond donors (Lipinski definition) is 1. The average Bonchev–Trinajstić information content (AvgIpc) is 2.14. The molecule has 0 aliphatic heterocycles. The fourth-order valence-electron chi connectivity index (χ4n) is 1.08. The molecule has 0 radical (unpaired) electrons. The van der Waals surface area contributed by atoms with E-state index in [1.165, 1.54) is 0 Å². The number of benzene rings is 1. The molecular weight excluding hydrogens is 277 g/mol. The van der Waals surface area contributed by atoms with E-state index in [0.29, 0.717) is 10.6 Å². The molecule has 0 saturated carbocycles. The van der Waals surface area contributed by atoms with Crippen molar-refractivity contribution in [1.82, 2.24) is 5.32 Å². The zero-order valence-electron chi connectivity index (χ0n) is 8.31. The highest BCUT2D eigenvalue weighted by atomic mass is 79.9. The normalized spacial score (nSPS) is 9.80. The Balaban J connectivity index is 2.78. The number of carbonyl (C=O) groups excluding carboxylic acids is 1. The Morgan fingerprint density at radius 1 is 1.60 bits per heavy atom. The van der Waals surface area contributed by atoms with Crippen molar-refractivity contribution >= 4 is 33.4 Å². The SMILES string of the molecule is C=C(Cl)CNC(=O)c1ccc(C)cc1Br. The van der Waals surface area contributed by atoms with E-state index in [-0.39, 0.29) is 12.5 Å². The van der Waals surface area contributed by atoms with Crippen LogP contribution in [-0.4, -0.2) is 12.5 Å². The molecule has 0 fully saturated rings. The summed E-state index contributed by atoms with van der Waals surface area (Å²) in [5.41, 5.74) is 1.69. The summed E-state index contributed by atoms with van der Waals surface area (Å²) in [5.74, 6) is -0.163. The minimum Gasteiger partial charge on any atom is -0.347 e. The molecule has 0 unspecified atom stereocenters. The van der Waals surface area contributed by atoms with Crippen molar-refractivity contribution < 1.29 is 4.79 Å². The van der Waals surface area contributed by atoms with Crippen LogP contribution in [0.2, 0.25) is 0 Å². The summed E-state index contributed by atoms with van der Waals surface area (Å²) >= 11 is 8.89. The topological polar surface area (TPSA) is 29.1 Å². The van der Waals surface area contributed by atoms with Gasteiger partial charge in [0.25, 0.3) is 5.91 Å². The van der Waals surface area contributed by atoms with Gasteiger partial charge in [-0.2, -0.15) is 0 Å². The van der Waals surface area contributed by atoms with Crippen LogP contribution in [0.3, 0.4) is 0 Å². The first-order chi connectivity index (χ1) is 7.00. The number of aryl methyl sites for hydroxylation is 1. The van der Waals surface area contributed by atoms with Gasteiger partial charge in [-0.1, -0.05) is 24.2 Å². The van der Waals surface area contributed by atoms with Gasteiger partial charge in [-0.25, -0.2) is 0 Å². The molecule has 1 rings (SSSR count). The molecule has 4 heteroatoms. The smallest absolute Gasteiger partial charge is 0.252 e. The Morgan fingerprint density at radius 3 is 2.80 bits per heavy atom. The summed E-state index contributed by atoms with van der Waals surface area (Å²) in [4.78, 5) is 11.6. The molecule has 0 spiro atoms. The summed E-state index contributed by atoms with van der Waals surface area (Å²) in [6, 6.07) is 5.55. The van der Waals surface area contributed by atoms with Gasteiger partial charge in [0.15, 0.2) is 0 Å². The van der Waals surface area contributed by atoms with Gasteiger partial charge < -0.3 is 5.32 Å². The molecule has 0 aromatic heterocycles. The van der Waals surface area contributed by atoms with Crippen molar-refractivity contribution in [3.8, 4) is 0 Å². The maximum absolute atomic E-state index is 11.6. The van der Waals surface area contributed by atoms with Crippen LogP contribution in [0.15, 0.2) is 34.3 Å². The molecule has 0 aliphatic carbocycles. The van der Waals surface area contributed by atoms with Crippen LogP contribution in [-0.2, 0) is 0 Å². The fourth-order valence-corrected chi connectivity index (χ4v) is 1.82. The molecule has 0 heterocycles. The predicted molar refractivity (Wildman–Crippen MR) is 66.2 cm³/mol. The molecule has 0 aliphatic rings. The summed E-state index contributed by atoms with van der Waals surface area (Å²) in [6.07, 6.45) is 0. The van der Waals surface area contributed by atoms with E-state index in [4.69, 9.17) is 11.6 Å². The number of hydrogen-bond acceptors (Lipinski definition) is 1. The summed E-state index contributed by atoms with van der Waals surface area (Å²) < 4.78 is 0.778. The molecule has 0 atom stereocenters. The molecular formula is C11H11BrClNO. The lowest BCUT2D eigenvalue weighted by molar-refractivity contribution is 0.0957. The molecule has 1 amide bonds. The lowest BCUT2D eigenvalue weighted by atomic mass is 10.1. The molecule has 2 nitrogen and oxygen atoms in total. The molecule has 0 bridgehead atoms. The van der Waals surface area contributed by atoms with Crippen LogP contribution >= 0.6 is 27.5 Å². The van der Waals surface area contributed by atoms with Gasteiger partial charge in [0, 0.05) is 9.51 Å². The Hall–Kier alpha value is -0.800. The zero-order valence-corrected chi connectivity index (χ0v) is 10.7. The van der Waals surface area contributed by atoms with Crippen molar-refractivity contribution in [2.24, 2.45) is 0 Å². The van der Waals surface area contributed by atoms with Gasteiger partial charge in [0.05, 0.1) is 12.1 Å². The molecule has 15 heavy (non-hydrogen) atoms. The second-order valence-corrected chi connectivity index (χ2v) is 4.57. The number of nitrogens with one attached hydrogen (secondary N) is 1. The molecule has 1 N–H and O–H groups in total. The molecule has 80 valence electrons. The zero-order chi connectivity index (χ0) is 11.4. The highest BCUT2D eigenvalue weighted by Gasteiger charge is 2.09. The summed E-state index contributed by atoms with van der Waals surface area (Å²) in [5, 5.41) is 3.07. The summed E-state index contributed by atoms with van der Waals surface area (Å²) in [6.45, 7) is 5.74. The van der Waals surface area contributed by atoms with Gasteiger partial charge in [-0.05, 0) is 40.5 Å². The van der Waals surface area contributed by atoms with E-state index >= 15 is 0 Å². The van der Waals surface area contributed by atoms with E-state index in [0.717, 1.165) is 10.0 Å². The largest absolute Gasteiger partial charge is 0.347 e. The standard InChI is InChI=1S/C11H11BrClNO/c1-7-3-4-9(10(12)5-7)11(15)14-6-8(2)13/h3-5H,2,6H2,1H3,(H,14,15). The quantitative estimate of drug-likeness (QED) is 0.909. The van der Waals surface area contributed by atoms with Crippen molar-refractivity contribution in [2.45, 2.75) is 6.92 Å². The van der Waals surface area contributed by atoms with Crippen LogP contribution in [0.1, 0.15) is 15.9 Å². The Morgan fingerprint density at radius 2 is 2.27 bits per heavy atom. The first kappa shape index (κ1) is 12.3. The maximum atomic E-state index is 11.6. The lowest BCUT2D eigenvalue weighted by Gasteiger charge is -2.06. The van der Waals surface area contributed by atoms with Crippen LogP contribution in [0.4, 0.5) is 0 Å². The second-order valence-electron chi connectivity index (χ2n) is 3.18. The minimum atomic E-state index is -0.163. The van der Waals surface area contributed by atoms with E-state index in [9.17, 15) is 4.79 Å². The summed E-state index contributed by atoms with van der Waals surface area (Å²) in [7, 11) is 0. The Kier molecular flexibility index (Phi) is 4.36. The lowest BCUT2D eigenvalue weighted by Crippen LogP contribution is -2.24. The Labute approximate surface area is 102 Å². The van der Waals surface area contributed by atoms with E-state index < -0.39 is 0 Å². The monoisotopic (exact) mass is 287 g/mol. The molecule has 1 aromatic carbocycles. The number of rotatable bonds is 3. The van der Waals surface area contributed by atoms with Crippen molar-refractivity contribution in [3.63, 3.8) is 0 Å². The van der Waals surface area contributed by atoms with E-state index in [1.54, 1.807) is 6.07 Å². The van der Waals surface area contributed by atoms with Gasteiger partial charge in [-0.15, -0.1) is 0 Å². The molecule has 0 saturated heterocycles. The third-order valence-corrected chi connectivity index (χ3v) is 2.60. The predicted octanol–water partition coefficient (Wildman–Crippen LogP) is 3.24. The van der Waals surface area contributed by atoms with E-state index in [1.807, 2.05) is 19.1 Å². The fraction of sp³-hybridized carbons (Fsp3) is 0.182. The van der Waals surface area contributed by atoms with Gasteiger partial charge in [-0.3, -0.25) is 4.79 Å². The van der Waals surface area contributed by atoms with Gasteiger partial charge in [0.1, 0.15) is 0 Å². The van der Waals surface area contributed by atoms with Crippen molar-refractivity contribution in [3.05, 3.63) is 45.4 Å². The molecule has 1 aromatic rings. The third-order valence-electron chi connectivity index (χ3n) is 1.81. The minimum absolute atomic E-state index is 0.163. The maximum Gasteiger partial charge on any atom is 0.252 e. The first-order valence-corrected chi connectivity index (χ1v) is 5.55. The van der Waals surface area contributed by atoms with Crippen molar-refractivity contribution in [2.75, 3.05) is 6.54 Å². The number of carbonyl (C=O) groups is 1. The van der Waals surface area contributed by atoms with Crippen molar-refractivity contribution in [1.29, 1.82) is 0 Å². The highest BCUT2D eigenvalue weighted by molar-refractivity contribution is 9.10.